The molecule has 0 aromatic rings. The van der Waals surface area contributed by atoms with Gasteiger partial charge in [-0.3, -0.25) is 0 Å². The molecular formula is C12H25NS. The SMILES string of the molecule is CC.CSCC1(CN2CCCC2)CC1. The van der Waals surface area contributed by atoms with Gasteiger partial charge in [-0.15, -0.1) is 0 Å². The van der Waals surface area contributed by atoms with E-state index in [1.807, 2.05) is 25.6 Å². The highest BCUT2D eigenvalue weighted by Crippen LogP contribution is 2.48. The van der Waals surface area contributed by atoms with Crippen LogP contribution in [0.3, 0.4) is 0 Å². The van der Waals surface area contributed by atoms with Gasteiger partial charge in [0, 0.05) is 6.54 Å². The van der Waals surface area contributed by atoms with Crippen molar-refractivity contribution < 1.29 is 0 Å². The molecule has 0 bridgehead atoms. The van der Waals surface area contributed by atoms with Crippen LogP contribution in [-0.2, 0) is 0 Å². The van der Waals surface area contributed by atoms with E-state index in [2.05, 4.69) is 11.2 Å². The van der Waals surface area contributed by atoms with Gasteiger partial charge in [-0.25, -0.2) is 0 Å². The number of hydrogen-bond acceptors (Lipinski definition) is 2. The standard InChI is InChI=1S/C10H19NS.C2H6/c1-12-9-10(4-5-10)8-11-6-2-3-7-11;1-2/h2-9H2,1H3;1-2H3. The highest BCUT2D eigenvalue weighted by atomic mass is 32.2. The van der Waals surface area contributed by atoms with Gasteiger partial charge in [0.25, 0.3) is 0 Å². The van der Waals surface area contributed by atoms with Gasteiger partial charge >= 0.3 is 0 Å². The molecule has 2 heteroatoms. The summed E-state index contributed by atoms with van der Waals surface area (Å²) in [5.74, 6) is 1.39. The summed E-state index contributed by atoms with van der Waals surface area (Å²) in [6.07, 6.45) is 8.10. The highest BCUT2D eigenvalue weighted by molar-refractivity contribution is 7.98. The van der Waals surface area contributed by atoms with E-state index in [4.69, 9.17) is 0 Å². The first kappa shape index (κ1) is 12.4. The molecule has 1 saturated carbocycles. The normalized spacial score (nSPS) is 24.2. The fraction of sp³-hybridized carbons (Fsp3) is 1.00. The first-order chi connectivity index (χ1) is 6.85. The number of nitrogens with zero attached hydrogens (tertiary/aromatic N) is 1. The minimum Gasteiger partial charge on any atom is -0.303 e. The number of thioether (sulfide) groups is 1. The number of hydrogen-bond donors (Lipinski definition) is 0. The number of rotatable bonds is 4. The Hall–Kier alpha value is 0.310. The van der Waals surface area contributed by atoms with Crippen molar-refractivity contribution >= 4 is 11.8 Å². The van der Waals surface area contributed by atoms with E-state index in [1.54, 1.807) is 0 Å². The summed E-state index contributed by atoms with van der Waals surface area (Å²) in [6, 6.07) is 0. The second-order valence-electron chi connectivity index (χ2n) is 4.42. The van der Waals surface area contributed by atoms with Crippen LogP contribution in [0, 0.1) is 5.41 Å². The molecule has 2 aliphatic rings. The van der Waals surface area contributed by atoms with Gasteiger partial charge in [-0.05, 0) is 56.2 Å². The summed E-state index contributed by atoms with van der Waals surface area (Å²) >= 11 is 2.03. The third-order valence-corrected chi connectivity index (χ3v) is 4.07. The van der Waals surface area contributed by atoms with Crippen LogP contribution in [0.5, 0.6) is 0 Å². The molecule has 0 spiro atoms. The second-order valence-corrected chi connectivity index (χ2v) is 5.28. The van der Waals surface area contributed by atoms with E-state index in [-0.39, 0.29) is 0 Å². The smallest absolute Gasteiger partial charge is 0.00459 e. The van der Waals surface area contributed by atoms with E-state index >= 15 is 0 Å². The molecule has 1 aliphatic carbocycles. The van der Waals surface area contributed by atoms with Crippen LogP contribution < -0.4 is 0 Å². The van der Waals surface area contributed by atoms with Crippen LogP contribution >= 0.6 is 11.8 Å². The van der Waals surface area contributed by atoms with E-state index in [0.29, 0.717) is 0 Å². The molecule has 0 aromatic carbocycles. The zero-order chi connectivity index (χ0) is 10.4. The van der Waals surface area contributed by atoms with E-state index in [1.165, 1.54) is 51.1 Å². The molecule has 2 fully saturated rings. The van der Waals surface area contributed by atoms with Gasteiger partial charge in [0.15, 0.2) is 0 Å². The Labute approximate surface area is 93.6 Å². The van der Waals surface area contributed by atoms with Gasteiger partial charge < -0.3 is 4.90 Å². The van der Waals surface area contributed by atoms with Crippen LogP contribution in [0.1, 0.15) is 39.5 Å². The first-order valence-corrected chi connectivity index (χ1v) is 7.45. The summed E-state index contributed by atoms with van der Waals surface area (Å²) in [5, 5.41) is 0. The maximum absolute atomic E-state index is 2.67. The van der Waals surface area contributed by atoms with Gasteiger partial charge in [-0.2, -0.15) is 11.8 Å². The maximum Gasteiger partial charge on any atom is 0.00459 e. The molecule has 84 valence electrons. The minimum absolute atomic E-state index is 0.754. The molecule has 0 atom stereocenters. The Balaban J connectivity index is 0.000000461. The molecule has 1 aliphatic heterocycles. The minimum atomic E-state index is 0.754. The van der Waals surface area contributed by atoms with E-state index < -0.39 is 0 Å². The summed E-state index contributed by atoms with van der Waals surface area (Å²) in [5.41, 5.74) is 0.754. The Kier molecular flexibility index (Phi) is 5.32. The topological polar surface area (TPSA) is 3.24 Å². The van der Waals surface area contributed by atoms with E-state index in [0.717, 1.165) is 5.41 Å². The fourth-order valence-electron chi connectivity index (χ4n) is 2.25. The second kappa shape index (κ2) is 6.02. The summed E-state index contributed by atoms with van der Waals surface area (Å²) in [6.45, 7) is 8.14. The summed E-state index contributed by atoms with van der Waals surface area (Å²) in [4.78, 5) is 2.67. The maximum atomic E-state index is 2.67. The molecule has 0 radical (unpaired) electrons. The van der Waals surface area contributed by atoms with Crippen molar-refractivity contribution in [2.75, 3.05) is 31.6 Å². The van der Waals surface area contributed by atoms with Crippen LogP contribution in [0.25, 0.3) is 0 Å². The molecule has 0 N–H and O–H groups in total. The van der Waals surface area contributed by atoms with E-state index in [9.17, 15) is 0 Å². The molecule has 0 amide bonds. The largest absolute Gasteiger partial charge is 0.303 e. The third kappa shape index (κ3) is 3.47. The van der Waals surface area contributed by atoms with Crippen molar-refractivity contribution in [1.29, 1.82) is 0 Å². The predicted molar refractivity (Wildman–Crippen MR) is 67.1 cm³/mol. The molecule has 14 heavy (non-hydrogen) atoms. The van der Waals surface area contributed by atoms with Gasteiger partial charge in [0.05, 0.1) is 0 Å². The van der Waals surface area contributed by atoms with Crippen molar-refractivity contribution in [2.45, 2.75) is 39.5 Å². The number of likely N-dealkylation sites (tertiary alicyclic amines) is 1. The lowest BCUT2D eigenvalue weighted by Gasteiger charge is -2.21. The molecule has 1 nitrogen and oxygen atoms in total. The van der Waals surface area contributed by atoms with Gasteiger partial charge in [-0.1, -0.05) is 13.8 Å². The molecule has 0 unspecified atom stereocenters. The van der Waals surface area contributed by atoms with Crippen molar-refractivity contribution in [3.63, 3.8) is 0 Å². The quantitative estimate of drug-likeness (QED) is 0.708. The van der Waals surface area contributed by atoms with Gasteiger partial charge in [0.2, 0.25) is 0 Å². The van der Waals surface area contributed by atoms with Crippen molar-refractivity contribution in [2.24, 2.45) is 5.41 Å². The Bertz CT molecular complexity index is 148. The van der Waals surface area contributed by atoms with Crippen LogP contribution in [0.4, 0.5) is 0 Å². The average Bonchev–Trinajstić information content (AvgIpc) is 2.78. The average molecular weight is 215 g/mol. The lowest BCUT2D eigenvalue weighted by Crippen LogP contribution is -2.28. The summed E-state index contributed by atoms with van der Waals surface area (Å²) < 4.78 is 0. The molecule has 1 saturated heterocycles. The monoisotopic (exact) mass is 215 g/mol. The Morgan fingerprint density at radius 3 is 2.14 bits per heavy atom. The lowest BCUT2D eigenvalue weighted by molar-refractivity contribution is 0.279. The molecule has 0 aromatic heterocycles. The summed E-state index contributed by atoms with van der Waals surface area (Å²) in [7, 11) is 0. The van der Waals surface area contributed by atoms with Gasteiger partial charge in [0.1, 0.15) is 0 Å². The predicted octanol–water partition coefficient (Wildman–Crippen LogP) is 3.25. The molecule has 1 heterocycles. The third-order valence-electron chi connectivity index (χ3n) is 3.17. The molecular weight excluding hydrogens is 190 g/mol. The van der Waals surface area contributed by atoms with Crippen LogP contribution in [0.15, 0.2) is 0 Å². The Morgan fingerprint density at radius 2 is 1.71 bits per heavy atom. The zero-order valence-electron chi connectivity index (χ0n) is 10.0. The first-order valence-electron chi connectivity index (χ1n) is 6.06. The van der Waals surface area contributed by atoms with Crippen LogP contribution in [-0.4, -0.2) is 36.5 Å². The van der Waals surface area contributed by atoms with Crippen molar-refractivity contribution in [1.82, 2.24) is 4.90 Å². The lowest BCUT2D eigenvalue weighted by atomic mass is 10.1. The fourth-order valence-corrected chi connectivity index (χ4v) is 3.24. The molecule has 2 rings (SSSR count). The zero-order valence-corrected chi connectivity index (χ0v) is 10.8. The highest BCUT2D eigenvalue weighted by Gasteiger charge is 2.43. The van der Waals surface area contributed by atoms with Crippen molar-refractivity contribution in [3.05, 3.63) is 0 Å². The van der Waals surface area contributed by atoms with Crippen molar-refractivity contribution in [3.8, 4) is 0 Å². The van der Waals surface area contributed by atoms with Crippen LogP contribution in [0.2, 0.25) is 0 Å². The Morgan fingerprint density at radius 1 is 1.14 bits per heavy atom.